The van der Waals surface area contributed by atoms with Crippen molar-refractivity contribution in [2.75, 3.05) is 6.54 Å². The number of hydrogen-bond acceptors (Lipinski definition) is 3. The molecule has 1 heterocycles. The van der Waals surface area contributed by atoms with Crippen LogP contribution in [-0.2, 0) is 20.9 Å². The van der Waals surface area contributed by atoms with E-state index in [4.69, 9.17) is 4.74 Å². The number of carboxylic acids is 1. The van der Waals surface area contributed by atoms with Gasteiger partial charge in [-0.1, -0.05) is 37.3 Å². The highest BCUT2D eigenvalue weighted by atomic mass is 16.5. The van der Waals surface area contributed by atoms with Crippen LogP contribution >= 0.6 is 0 Å². The summed E-state index contributed by atoms with van der Waals surface area (Å²) in [4.78, 5) is 26.1. The number of ether oxygens (including phenoxy) is 1. The van der Waals surface area contributed by atoms with Crippen LogP contribution in [0.4, 0.5) is 0 Å². The Morgan fingerprint density at radius 1 is 1.32 bits per heavy atom. The predicted octanol–water partition coefficient (Wildman–Crippen LogP) is 3.08. The van der Waals surface area contributed by atoms with E-state index >= 15 is 0 Å². The maximum absolute atomic E-state index is 12.8. The van der Waals surface area contributed by atoms with Crippen molar-refractivity contribution in [3.05, 3.63) is 35.9 Å². The van der Waals surface area contributed by atoms with Crippen molar-refractivity contribution < 1.29 is 19.4 Å². The highest BCUT2D eigenvalue weighted by Crippen LogP contribution is 2.47. The molecule has 2 aliphatic rings. The molecule has 3 rings (SSSR count). The number of hydrogen-bond donors (Lipinski definition) is 1. The summed E-state index contributed by atoms with van der Waals surface area (Å²) in [5, 5.41) is 9.65. The van der Waals surface area contributed by atoms with Gasteiger partial charge in [0.2, 0.25) is 5.91 Å². The number of amides is 1. The number of carbonyl (C=O) groups is 2. The van der Waals surface area contributed by atoms with E-state index in [1.54, 1.807) is 6.92 Å². The normalized spacial score (nSPS) is 28.5. The quantitative estimate of drug-likeness (QED) is 0.805. The van der Waals surface area contributed by atoms with Crippen molar-refractivity contribution in [3.8, 4) is 0 Å². The number of carbonyl (C=O) groups excluding carboxylic acids is 1. The van der Waals surface area contributed by atoms with Crippen molar-refractivity contribution in [1.29, 1.82) is 0 Å². The number of likely N-dealkylation sites (tertiary alicyclic amines) is 1. The van der Waals surface area contributed by atoms with E-state index in [0.29, 0.717) is 19.1 Å². The first kappa shape index (κ1) is 17.9. The summed E-state index contributed by atoms with van der Waals surface area (Å²) in [7, 11) is 0. The standard InChI is InChI=1S/C20H27NO4/c1-14-8-10-20(11-9-14)13-21(19(20)24)17(18(22)23)15(2)25-12-16-6-4-3-5-7-16/h3-7,14-15,17H,8-13H2,1-2H3,(H,22,23)/t14?,15-,17+,20?/m1/s1. The zero-order valence-electron chi connectivity index (χ0n) is 15.0. The number of rotatable bonds is 6. The number of aliphatic carboxylic acids is 1. The van der Waals surface area contributed by atoms with Gasteiger partial charge in [0.05, 0.1) is 18.1 Å². The highest BCUT2D eigenvalue weighted by molar-refractivity contribution is 5.93. The maximum atomic E-state index is 12.8. The number of carboxylic acid groups (broad SMARTS) is 1. The Labute approximate surface area is 149 Å². The van der Waals surface area contributed by atoms with Crippen LogP contribution in [0.3, 0.4) is 0 Å². The summed E-state index contributed by atoms with van der Waals surface area (Å²) in [6.45, 7) is 4.85. The molecule has 2 atom stereocenters. The minimum absolute atomic E-state index is 0.00182. The molecule has 1 aromatic rings. The summed E-state index contributed by atoms with van der Waals surface area (Å²) >= 11 is 0. The largest absolute Gasteiger partial charge is 0.480 e. The van der Waals surface area contributed by atoms with Crippen LogP contribution in [0.25, 0.3) is 0 Å². The fourth-order valence-electron chi connectivity index (χ4n) is 4.07. The van der Waals surface area contributed by atoms with Gasteiger partial charge in [0, 0.05) is 6.54 Å². The number of benzene rings is 1. The third kappa shape index (κ3) is 3.56. The van der Waals surface area contributed by atoms with E-state index in [0.717, 1.165) is 31.2 Å². The predicted molar refractivity (Wildman–Crippen MR) is 93.9 cm³/mol. The van der Waals surface area contributed by atoms with E-state index in [1.165, 1.54) is 4.90 Å². The van der Waals surface area contributed by atoms with Crippen LogP contribution < -0.4 is 0 Å². The Hall–Kier alpha value is -1.88. The topological polar surface area (TPSA) is 66.8 Å². The molecule has 0 unspecified atom stereocenters. The molecule has 1 aromatic carbocycles. The highest BCUT2D eigenvalue weighted by Gasteiger charge is 2.56. The SMILES string of the molecule is CC1CCC2(CC1)CN([C@H](C(=O)O)[C@@H](C)OCc1ccccc1)C2=O. The molecule has 0 bridgehead atoms. The van der Waals surface area contributed by atoms with Crippen LogP contribution in [0.2, 0.25) is 0 Å². The molecular formula is C20H27NO4. The van der Waals surface area contributed by atoms with E-state index in [9.17, 15) is 14.7 Å². The van der Waals surface area contributed by atoms with E-state index < -0.39 is 18.1 Å². The number of nitrogens with zero attached hydrogens (tertiary/aromatic N) is 1. The van der Waals surface area contributed by atoms with Gasteiger partial charge in [-0.05, 0) is 44.1 Å². The third-order valence-corrected chi connectivity index (χ3v) is 5.81. The molecule has 0 aromatic heterocycles. The molecule has 136 valence electrons. The van der Waals surface area contributed by atoms with Crippen molar-refractivity contribution >= 4 is 11.9 Å². The van der Waals surface area contributed by atoms with Gasteiger partial charge in [-0.3, -0.25) is 4.79 Å². The first-order valence-corrected chi connectivity index (χ1v) is 9.12. The van der Waals surface area contributed by atoms with Crippen LogP contribution in [0.5, 0.6) is 0 Å². The molecule has 1 spiro atoms. The number of β-lactam (4-membered cyclic amide) rings is 1. The molecule has 1 saturated carbocycles. The van der Waals surface area contributed by atoms with Crippen molar-refractivity contribution in [1.82, 2.24) is 4.90 Å². The first-order valence-electron chi connectivity index (χ1n) is 9.12. The minimum atomic E-state index is -0.993. The lowest BCUT2D eigenvalue weighted by atomic mass is 9.65. The van der Waals surface area contributed by atoms with Gasteiger partial charge in [-0.2, -0.15) is 0 Å². The Bertz CT molecular complexity index is 622. The Kier molecular flexibility index (Phi) is 5.13. The third-order valence-electron chi connectivity index (χ3n) is 5.81. The lowest BCUT2D eigenvalue weighted by Gasteiger charge is -2.54. The summed E-state index contributed by atoms with van der Waals surface area (Å²) in [5.41, 5.74) is 0.686. The van der Waals surface area contributed by atoms with Gasteiger partial charge in [-0.15, -0.1) is 0 Å². The lowest BCUT2D eigenvalue weighted by Crippen LogP contribution is -2.68. The van der Waals surface area contributed by atoms with E-state index in [-0.39, 0.29) is 11.3 Å². The Morgan fingerprint density at radius 2 is 1.96 bits per heavy atom. The molecule has 1 amide bonds. The van der Waals surface area contributed by atoms with Gasteiger partial charge in [0.25, 0.3) is 0 Å². The summed E-state index contributed by atoms with van der Waals surface area (Å²) in [6, 6.07) is 8.73. The van der Waals surface area contributed by atoms with Crippen LogP contribution in [0, 0.1) is 11.3 Å². The van der Waals surface area contributed by atoms with Crippen molar-refractivity contribution in [2.24, 2.45) is 11.3 Å². The second kappa shape index (κ2) is 7.16. The van der Waals surface area contributed by atoms with Gasteiger partial charge in [0.1, 0.15) is 0 Å². The molecule has 5 heteroatoms. The second-order valence-corrected chi connectivity index (χ2v) is 7.68. The fourth-order valence-corrected chi connectivity index (χ4v) is 4.07. The fraction of sp³-hybridized carbons (Fsp3) is 0.600. The Morgan fingerprint density at radius 3 is 2.52 bits per heavy atom. The zero-order valence-corrected chi connectivity index (χ0v) is 15.0. The second-order valence-electron chi connectivity index (χ2n) is 7.68. The summed E-state index contributed by atoms with van der Waals surface area (Å²) in [5.74, 6) is -0.328. The van der Waals surface area contributed by atoms with Crippen LogP contribution in [0.15, 0.2) is 30.3 Å². The molecule has 5 nitrogen and oxygen atoms in total. The summed E-state index contributed by atoms with van der Waals surface area (Å²) < 4.78 is 5.77. The van der Waals surface area contributed by atoms with Crippen LogP contribution in [0.1, 0.15) is 45.1 Å². The average molecular weight is 345 g/mol. The summed E-state index contributed by atoms with van der Waals surface area (Å²) in [6.07, 6.45) is 3.32. The average Bonchev–Trinajstić information content (AvgIpc) is 2.61. The maximum Gasteiger partial charge on any atom is 0.329 e. The molecule has 0 radical (unpaired) electrons. The first-order chi connectivity index (χ1) is 11.9. The molecule has 25 heavy (non-hydrogen) atoms. The monoisotopic (exact) mass is 345 g/mol. The molecule has 1 saturated heterocycles. The van der Waals surface area contributed by atoms with Gasteiger partial charge < -0.3 is 14.7 Å². The molecule has 2 fully saturated rings. The van der Waals surface area contributed by atoms with E-state index in [1.807, 2.05) is 30.3 Å². The van der Waals surface area contributed by atoms with Crippen molar-refractivity contribution in [2.45, 2.75) is 58.3 Å². The smallest absolute Gasteiger partial charge is 0.329 e. The molecule has 1 aliphatic heterocycles. The molecular weight excluding hydrogens is 318 g/mol. The zero-order chi connectivity index (χ0) is 18.0. The van der Waals surface area contributed by atoms with Gasteiger partial charge in [-0.25, -0.2) is 4.79 Å². The molecule has 1 N–H and O–H groups in total. The lowest BCUT2D eigenvalue weighted by molar-refractivity contribution is -0.183. The van der Waals surface area contributed by atoms with Crippen LogP contribution in [-0.4, -0.2) is 40.6 Å². The molecule has 1 aliphatic carbocycles. The van der Waals surface area contributed by atoms with Crippen molar-refractivity contribution in [3.63, 3.8) is 0 Å². The van der Waals surface area contributed by atoms with E-state index in [2.05, 4.69) is 6.92 Å². The van der Waals surface area contributed by atoms with Gasteiger partial charge in [0.15, 0.2) is 6.04 Å². The Balaban J connectivity index is 1.62. The minimum Gasteiger partial charge on any atom is -0.480 e. The van der Waals surface area contributed by atoms with Gasteiger partial charge >= 0.3 is 5.97 Å².